The lowest BCUT2D eigenvalue weighted by Crippen LogP contribution is -2.48. The molecule has 0 aromatic heterocycles. The van der Waals surface area contributed by atoms with Crippen LogP contribution in [0.25, 0.3) is 0 Å². The zero-order valence-electron chi connectivity index (χ0n) is 13.1. The molecule has 0 saturated carbocycles. The van der Waals surface area contributed by atoms with Gasteiger partial charge in [-0.1, -0.05) is 13.8 Å². The number of rotatable bonds is 5. The Balaban J connectivity index is 2.31. The molecule has 1 unspecified atom stereocenters. The van der Waals surface area contributed by atoms with Crippen molar-refractivity contribution in [2.45, 2.75) is 24.8 Å². The van der Waals surface area contributed by atoms with E-state index in [4.69, 9.17) is 0 Å². The lowest BCUT2D eigenvalue weighted by Gasteiger charge is -2.23. The molecule has 1 aromatic rings. The molecule has 0 radical (unpaired) electrons. The Bertz CT molecular complexity index is 741. The van der Waals surface area contributed by atoms with Gasteiger partial charge in [-0.05, 0) is 12.0 Å². The van der Waals surface area contributed by atoms with Crippen LogP contribution in [-0.2, 0) is 14.8 Å². The third kappa shape index (κ3) is 3.86. The zero-order chi connectivity index (χ0) is 18.1. The summed E-state index contributed by atoms with van der Waals surface area (Å²) in [4.78, 5) is 11.2. The van der Waals surface area contributed by atoms with Gasteiger partial charge in [0.25, 0.3) is 0 Å². The minimum Gasteiger partial charge on any atom is -0.354 e. The predicted octanol–water partition coefficient (Wildman–Crippen LogP) is 1.94. The van der Waals surface area contributed by atoms with E-state index in [1.165, 1.54) is 11.8 Å². The largest absolute Gasteiger partial charge is 0.354 e. The zero-order valence-corrected chi connectivity index (χ0v) is 14.7. The molecule has 0 spiro atoms. The van der Waals surface area contributed by atoms with Gasteiger partial charge in [-0.25, -0.2) is 21.6 Å². The van der Waals surface area contributed by atoms with Gasteiger partial charge in [0, 0.05) is 18.4 Å². The van der Waals surface area contributed by atoms with Crippen LogP contribution >= 0.6 is 11.8 Å². The van der Waals surface area contributed by atoms with Crippen LogP contribution in [-0.4, -0.2) is 42.8 Å². The minimum absolute atomic E-state index is 0.0689. The molecule has 0 aliphatic carbocycles. The van der Waals surface area contributed by atoms with Gasteiger partial charge < -0.3 is 5.32 Å². The highest BCUT2D eigenvalue weighted by Crippen LogP contribution is 2.30. The third-order valence-corrected chi connectivity index (χ3v) is 6.44. The fourth-order valence-corrected chi connectivity index (χ4v) is 5.33. The Morgan fingerprint density at radius 1 is 1.29 bits per heavy atom. The van der Waals surface area contributed by atoms with E-state index in [0.717, 1.165) is 4.31 Å². The molecule has 134 valence electrons. The summed E-state index contributed by atoms with van der Waals surface area (Å²) in [6.07, 6.45) is 0. The van der Waals surface area contributed by atoms with Crippen molar-refractivity contribution in [2.24, 2.45) is 5.92 Å². The number of amides is 1. The van der Waals surface area contributed by atoms with Gasteiger partial charge in [-0.15, -0.1) is 11.8 Å². The summed E-state index contributed by atoms with van der Waals surface area (Å²) in [5.41, 5.74) is 0. The number of hydrogen-bond donors (Lipinski definition) is 1. The summed E-state index contributed by atoms with van der Waals surface area (Å²) in [5.74, 6) is -4.53. The number of halogens is 3. The topological polar surface area (TPSA) is 66.5 Å². The lowest BCUT2D eigenvalue weighted by molar-refractivity contribution is -0.123. The van der Waals surface area contributed by atoms with Crippen molar-refractivity contribution < 1.29 is 26.4 Å². The van der Waals surface area contributed by atoms with Gasteiger partial charge in [0.15, 0.2) is 11.6 Å². The van der Waals surface area contributed by atoms with E-state index < -0.39 is 44.3 Å². The molecule has 1 heterocycles. The molecule has 1 aliphatic heterocycles. The fraction of sp³-hybridized carbons (Fsp3) is 0.500. The second-order valence-electron chi connectivity index (χ2n) is 5.74. The Morgan fingerprint density at radius 2 is 1.92 bits per heavy atom. The first-order chi connectivity index (χ1) is 11.1. The van der Waals surface area contributed by atoms with E-state index in [-0.39, 0.29) is 23.6 Å². The van der Waals surface area contributed by atoms with Gasteiger partial charge in [-0.2, -0.15) is 4.31 Å². The molecule has 1 fully saturated rings. The summed E-state index contributed by atoms with van der Waals surface area (Å²) in [5, 5.41) is 2.63. The van der Waals surface area contributed by atoms with E-state index in [1.54, 1.807) is 0 Å². The summed E-state index contributed by atoms with van der Waals surface area (Å²) >= 11 is 1.18. The first-order valence-corrected chi connectivity index (χ1v) is 9.76. The van der Waals surface area contributed by atoms with Crippen LogP contribution in [0.4, 0.5) is 13.2 Å². The molecule has 1 N–H and O–H groups in total. The maximum Gasteiger partial charge on any atom is 0.247 e. The van der Waals surface area contributed by atoms with E-state index >= 15 is 0 Å². The van der Waals surface area contributed by atoms with Crippen LogP contribution in [0, 0.1) is 23.4 Å². The summed E-state index contributed by atoms with van der Waals surface area (Å²) in [6, 6.07) is -0.544. The highest BCUT2D eigenvalue weighted by atomic mass is 32.2. The average Bonchev–Trinajstić information content (AvgIpc) is 2.98. The summed E-state index contributed by atoms with van der Waals surface area (Å²) in [6.45, 7) is 4.14. The van der Waals surface area contributed by atoms with E-state index in [9.17, 15) is 26.4 Å². The van der Waals surface area contributed by atoms with Crippen molar-refractivity contribution in [3.05, 3.63) is 29.6 Å². The minimum atomic E-state index is -4.47. The number of carbonyl (C=O) groups is 1. The molecule has 24 heavy (non-hydrogen) atoms. The van der Waals surface area contributed by atoms with E-state index in [0.29, 0.717) is 12.6 Å². The first-order valence-electron chi connectivity index (χ1n) is 7.16. The maximum absolute atomic E-state index is 13.8. The third-order valence-electron chi connectivity index (χ3n) is 3.39. The molecular formula is C14H17F3N2O3S2. The van der Waals surface area contributed by atoms with Crippen LogP contribution in [0.15, 0.2) is 17.0 Å². The van der Waals surface area contributed by atoms with Gasteiger partial charge in [0.05, 0.1) is 5.88 Å². The number of nitrogens with one attached hydrogen (secondary N) is 1. The SMILES string of the molecule is CC(C)CNC(=O)C1CSCN1S(=O)(=O)c1cc(F)c(F)cc1F. The summed E-state index contributed by atoms with van der Waals surface area (Å²) in [7, 11) is -4.47. The molecule has 2 rings (SSSR count). The standard InChI is InChI=1S/C14H17F3N2O3S2/c1-8(2)5-18-14(20)12-6-23-7-19(12)24(21,22)13-4-10(16)9(15)3-11(13)17/h3-4,8,12H,5-7H2,1-2H3,(H,18,20). The molecule has 1 aliphatic rings. The highest BCUT2D eigenvalue weighted by molar-refractivity contribution is 8.00. The Labute approximate surface area is 142 Å². The quantitative estimate of drug-likeness (QED) is 0.791. The van der Waals surface area contributed by atoms with Crippen LogP contribution in [0.2, 0.25) is 0 Å². The van der Waals surface area contributed by atoms with Crippen LogP contribution in [0.1, 0.15) is 13.8 Å². The second kappa shape index (κ2) is 7.32. The molecule has 1 amide bonds. The van der Waals surface area contributed by atoms with Crippen molar-refractivity contribution in [1.82, 2.24) is 9.62 Å². The molecule has 1 atom stereocenters. The van der Waals surface area contributed by atoms with Gasteiger partial charge in [0.1, 0.15) is 16.8 Å². The number of nitrogens with zero attached hydrogens (tertiary/aromatic N) is 1. The average molecular weight is 382 g/mol. The Hall–Kier alpha value is -1.26. The van der Waals surface area contributed by atoms with Crippen molar-refractivity contribution >= 4 is 27.7 Å². The number of thioether (sulfide) groups is 1. The van der Waals surface area contributed by atoms with E-state index in [1.807, 2.05) is 13.8 Å². The maximum atomic E-state index is 13.8. The number of carbonyl (C=O) groups excluding carboxylic acids is 1. The van der Waals surface area contributed by atoms with Crippen LogP contribution in [0.5, 0.6) is 0 Å². The second-order valence-corrected chi connectivity index (χ2v) is 8.60. The molecule has 1 saturated heterocycles. The van der Waals surface area contributed by atoms with Gasteiger partial charge >= 0.3 is 0 Å². The van der Waals surface area contributed by atoms with Crippen molar-refractivity contribution in [2.75, 3.05) is 18.2 Å². The highest BCUT2D eigenvalue weighted by Gasteiger charge is 2.41. The van der Waals surface area contributed by atoms with Gasteiger partial charge in [0.2, 0.25) is 15.9 Å². The number of hydrogen-bond acceptors (Lipinski definition) is 4. The first kappa shape index (κ1) is 19.1. The lowest BCUT2D eigenvalue weighted by atomic mass is 10.2. The Morgan fingerprint density at radius 3 is 2.54 bits per heavy atom. The van der Waals surface area contributed by atoms with Crippen molar-refractivity contribution in [1.29, 1.82) is 0 Å². The van der Waals surface area contributed by atoms with Crippen LogP contribution < -0.4 is 5.32 Å². The summed E-state index contributed by atoms with van der Waals surface area (Å²) < 4.78 is 66.1. The monoisotopic (exact) mass is 382 g/mol. The Kier molecular flexibility index (Phi) is 5.82. The van der Waals surface area contributed by atoms with E-state index in [2.05, 4.69) is 5.32 Å². The molecule has 5 nitrogen and oxygen atoms in total. The predicted molar refractivity (Wildman–Crippen MR) is 84.3 cm³/mol. The van der Waals surface area contributed by atoms with Crippen LogP contribution in [0.3, 0.4) is 0 Å². The number of sulfonamides is 1. The smallest absolute Gasteiger partial charge is 0.247 e. The van der Waals surface area contributed by atoms with Crippen molar-refractivity contribution in [3.63, 3.8) is 0 Å². The molecular weight excluding hydrogens is 365 g/mol. The van der Waals surface area contributed by atoms with Gasteiger partial charge in [-0.3, -0.25) is 4.79 Å². The normalized spacial score (nSPS) is 19.0. The fourth-order valence-electron chi connectivity index (χ4n) is 2.12. The molecule has 10 heteroatoms. The molecule has 1 aromatic carbocycles. The van der Waals surface area contributed by atoms with Crippen molar-refractivity contribution in [3.8, 4) is 0 Å². The number of benzene rings is 1. The molecule has 0 bridgehead atoms.